The van der Waals surface area contributed by atoms with E-state index in [4.69, 9.17) is 0 Å². The number of tetrazole rings is 1. The minimum absolute atomic E-state index is 0.868. The first-order valence-corrected chi connectivity index (χ1v) is 7.22. The Kier molecular flexibility index (Phi) is 4.81. The average Bonchev–Trinajstić information content (AvgIpc) is 2.76. The summed E-state index contributed by atoms with van der Waals surface area (Å²) in [5.41, 5.74) is 0. The van der Waals surface area contributed by atoms with Gasteiger partial charge in [-0.05, 0) is 29.0 Å². The van der Waals surface area contributed by atoms with Gasteiger partial charge in [-0.1, -0.05) is 17.8 Å². The third-order valence-electron chi connectivity index (χ3n) is 1.99. The van der Waals surface area contributed by atoms with Gasteiger partial charge in [0.2, 0.25) is 5.16 Å². The highest BCUT2D eigenvalue weighted by atomic mass is 32.2. The molecule has 0 N–H and O–H groups in total. The molecular formula is C10H13N5S2. The van der Waals surface area contributed by atoms with Gasteiger partial charge >= 0.3 is 0 Å². The zero-order valence-corrected chi connectivity index (χ0v) is 11.1. The minimum atomic E-state index is 0.868. The van der Waals surface area contributed by atoms with Crippen molar-refractivity contribution in [2.45, 2.75) is 16.6 Å². The minimum Gasteiger partial charge on any atom is -0.250 e. The lowest BCUT2D eigenvalue weighted by Gasteiger charge is -2.00. The lowest BCUT2D eigenvalue weighted by Crippen LogP contribution is -1.94. The molecule has 0 saturated heterocycles. The number of rotatable bonds is 6. The predicted octanol–water partition coefficient (Wildman–Crippen LogP) is 1.88. The molecule has 90 valence electrons. The fourth-order valence-electron chi connectivity index (χ4n) is 1.18. The van der Waals surface area contributed by atoms with Crippen molar-refractivity contribution in [3.63, 3.8) is 0 Å². The molecule has 2 heterocycles. The van der Waals surface area contributed by atoms with Crippen LogP contribution in [0.5, 0.6) is 0 Å². The molecule has 0 unspecified atom stereocenters. The highest BCUT2D eigenvalue weighted by Gasteiger charge is 2.02. The molecule has 2 rings (SSSR count). The monoisotopic (exact) mass is 267 g/mol. The van der Waals surface area contributed by atoms with Crippen LogP contribution in [-0.4, -0.2) is 36.7 Å². The molecule has 0 amide bonds. The summed E-state index contributed by atoms with van der Waals surface area (Å²) >= 11 is 3.46. The summed E-state index contributed by atoms with van der Waals surface area (Å²) in [6.07, 6.45) is 2.93. The molecule has 0 aromatic carbocycles. The fraction of sp³-hybridized carbons (Fsp3) is 0.400. The van der Waals surface area contributed by atoms with E-state index in [9.17, 15) is 0 Å². The van der Waals surface area contributed by atoms with E-state index in [-0.39, 0.29) is 0 Å². The molecule has 0 radical (unpaired) electrons. The van der Waals surface area contributed by atoms with Crippen molar-refractivity contribution in [3.8, 4) is 0 Å². The maximum absolute atomic E-state index is 4.26. The van der Waals surface area contributed by atoms with Crippen molar-refractivity contribution in [1.29, 1.82) is 0 Å². The molecule has 7 heteroatoms. The van der Waals surface area contributed by atoms with Crippen LogP contribution in [0.3, 0.4) is 0 Å². The van der Waals surface area contributed by atoms with Gasteiger partial charge in [-0.2, -0.15) is 0 Å². The molecule has 17 heavy (non-hydrogen) atoms. The van der Waals surface area contributed by atoms with Crippen LogP contribution >= 0.6 is 23.5 Å². The van der Waals surface area contributed by atoms with Crippen molar-refractivity contribution in [3.05, 3.63) is 24.4 Å². The molecule has 0 aliphatic heterocycles. The second kappa shape index (κ2) is 6.61. The summed E-state index contributed by atoms with van der Waals surface area (Å²) in [6, 6.07) is 5.97. The third-order valence-corrected chi connectivity index (χ3v) is 4.12. The topological polar surface area (TPSA) is 56.5 Å². The van der Waals surface area contributed by atoms with Gasteiger partial charge in [0.1, 0.15) is 0 Å². The maximum atomic E-state index is 4.26. The molecular weight excluding hydrogens is 254 g/mol. The van der Waals surface area contributed by atoms with E-state index in [1.807, 2.05) is 31.4 Å². The van der Waals surface area contributed by atoms with E-state index in [1.54, 1.807) is 28.2 Å². The van der Waals surface area contributed by atoms with Crippen LogP contribution in [0.25, 0.3) is 0 Å². The second-order valence-corrected chi connectivity index (χ2v) is 5.48. The van der Waals surface area contributed by atoms with Crippen LogP contribution in [0.15, 0.2) is 34.6 Å². The summed E-state index contributed by atoms with van der Waals surface area (Å²) in [6.45, 7) is 0. The first-order valence-electron chi connectivity index (χ1n) is 5.25. The number of hydrogen-bond acceptors (Lipinski definition) is 6. The second-order valence-electron chi connectivity index (χ2n) is 3.30. The summed E-state index contributed by atoms with van der Waals surface area (Å²) < 4.78 is 1.69. The molecule has 0 fully saturated rings. The molecule has 0 atom stereocenters. The Labute approximate surface area is 108 Å². The normalized spacial score (nSPS) is 10.6. The summed E-state index contributed by atoms with van der Waals surface area (Å²) in [5.74, 6) is 2.09. The Balaban J connectivity index is 1.63. The van der Waals surface area contributed by atoms with Crippen molar-refractivity contribution >= 4 is 23.5 Å². The van der Waals surface area contributed by atoms with Gasteiger partial charge in [-0.25, -0.2) is 9.67 Å². The van der Waals surface area contributed by atoms with Gasteiger partial charge in [-0.3, -0.25) is 0 Å². The number of hydrogen-bond donors (Lipinski definition) is 0. The van der Waals surface area contributed by atoms with E-state index in [0.717, 1.165) is 28.1 Å². The molecule has 0 aliphatic carbocycles. The SMILES string of the molecule is Cn1nnnc1SCCCSc1ccccn1. The number of aryl methyl sites for hydroxylation is 1. The van der Waals surface area contributed by atoms with Gasteiger partial charge in [0, 0.05) is 24.8 Å². The molecule has 0 bridgehead atoms. The van der Waals surface area contributed by atoms with Crippen LogP contribution in [0.1, 0.15) is 6.42 Å². The number of nitrogens with zero attached hydrogens (tertiary/aromatic N) is 5. The highest BCUT2D eigenvalue weighted by Crippen LogP contribution is 2.18. The zero-order chi connectivity index (χ0) is 11.9. The van der Waals surface area contributed by atoms with Crippen LogP contribution in [0.2, 0.25) is 0 Å². The zero-order valence-electron chi connectivity index (χ0n) is 9.48. The van der Waals surface area contributed by atoms with Crippen LogP contribution in [-0.2, 0) is 7.05 Å². The van der Waals surface area contributed by atoms with Gasteiger partial charge in [0.05, 0.1) is 5.03 Å². The Hall–Kier alpha value is -1.08. The molecule has 0 saturated carbocycles. The van der Waals surface area contributed by atoms with E-state index in [0.29, 0.717) is 0 Å². The third kappa shape index (κ3) is 4.01. The average molecular weight is 267 g/mol. The van der Waals surface area contributed by atoms with Crippen LogP contribution in [0.4, 0.5) is 0 Å². The maximum Gasteiger partial charge on any atom is 0.209 e. The lowest BCUT2D eigenvalue weighted by atomic mass is 10.5. The summed E-state index contributed by atoms with van der Waals surface area (Å²) in [4.78, 5) is 4.26. The molecule has 0 spiro atoms. The molecule has 2 aromatic rings. The summed E-state index contributed by atoms with van der Waals surface area (Å²) in [7, 11) is 1.85. The first kappa shape index (κ1) is 12.4. The smallest absolute Gasteiger partial charge is 0.209 e. The largest absolute Gasteiger partial charge is 0.250 e. The van der Waals surface area contributed by atoms with Crippen molar-refractivity contribution in [2.75, 3.05) is 11.5 Å². The molecule has 5 nitrogen and oxygen atoms in total. The van der Waals surface area contributed by atoms with E-state index < -0.39 is 0 Å². The first-order chi connectivity index (χ1) is 8.36. The molecule has 0 aliphatic rings. The number of aromatic nitrogens is 5. The lowest BCUT2D eigenvalue weighted by molar-refractivity contribution is 0.664. The van der Waals surface area contributed by atoms with Gasteiger partial charge in [0.25, 0.3) is 0 Å². The van der Waals surface area contributed by atoms with Crippen molar-refractivity contribution in [1.82, 2.24) is 25.2 Å². The van der Waals surface area contributed by atoms with Crippen LogP contribution in [0, 0.1) is 0 Å². The van der Waals surface area contributed by atoms with Crippen molar-refractivity contribution in [2.24, 2.45) is 7.05 Å². The van der Waals surface area contributed by atoms with E-state index in [1.165, 1.54) is 0 Å². The van der Waals surface area contributed by atoms with Crippen molar-refractivity contribution < 1.29 is 0 Å². The predicted molar refractivity (Wildman–Crippen MR) is 69.1 cm³/mol. The van der Waals surface area contributed by atoms with Gasteiger partial charge in [-0.15, -0.1) is 16.9 Å². The highest BCUT2D eigenvalue weighted by molar-refractivity contribution is 8.00. The Morgan fingerprint density at radius 2 is 2.12 bits per heavy atom. The molecule has 2 aromatic heterocycles. The fourth-order valence-corrected chi connectivity index (χ4v) is 2.95. The number of pyridine rings is 1. The Morgan fingerprint density at radius 1 is 1.24 bits per heavy atom. The van der Waals surface area contributed by atoms with Gasteiger partial charge < -0.3 is 0 Å². The number of thioether (sulfide) groups is 2. The van der Waals surface area contributed by atoms with E-state index >= 15 is 0 Å². The van der Waals surface area contributed by atoms with Gasteiger partial charge in [0.15, 0.2) is 0 Å². The van der Waals surface area contributed by atoms with Crippen LogP contribution < -0.4 is 0 Å². The van der Waals surface area contributed by atoms with E-state index in [2.05, 4.69) is 20.5 Å². The summed E-state index contributed by atoms with van der Waals surface area (Å²) in [5, 5.41) is 13.2. The quantitative estimate of drug-likeness (QED) is 0.588. The Bertz CT molecular complexity index is 445. The standard InChI is InChI=1S/C10H13N5S2/c1-15-10(12-13-14-15)17-8-4-7-16-9-5-2-3-6-11-9/h2-3,5-6H,4,7-8H2,1H3. The Morgan fingerprint density at radius 3 is 2.82 bits per heavy atom.